The molecule has 0 aromatic carbocycles. The molecule has 3 heterocycles. The van der Waals surface area contributed by atoms with Gasteiger partial charge in [-0.2, -0.15) is 9.61 Å². The number of carbonyl (C=O) groups is 2. The number of hydrogen-bond donors (Lipinski definition) is 3. The summed E-state index contributed by atoms with van der Waals surface area (Å²) < 4.78 is 2.65. The minimum absolute atomic E-state index is 0. The van der Waals surface area contributed by atoms with E-state index in [9.17, 15) is 19.5 Å². The van der Waals surface area contributed by atoms with Crippen molar-refractivity contribution in [1.29, 1.82) is 0 Å². The molecule has 0 bridgehead atoms. The van der Waals surface area contributed by atoms with Gasteiger partial charge in [-0.15, -0.1) is 12.4 Å². The molecular weight excluding hydrogens is 436 g/mol. The third-order valence-corrected chi connectivity index (χ3v) is 5.43. The van der Waals surface area contributed by atoms with E-state index < -0.39 is 17.3 Å². The molecular formula is C21H29ClN6O4. The number of nitrogens with zero attached hydrogens (tertiary/aromatic N) is 4. The van der Waals surface area contributed by atoms with Crippen LogP contribution in [0.5, 0.6) is 5.88 Å². The van der Waals surface area contributed by atoms with E-state index in [4.69, 9.17) is 0 Å². The van der Waals surface area contributed by atoms with Crippen molar-refractivity contribution in [2.24, 2.45) is 5.92 Å². The van der Waals surface area contributed by atoms with Gasteiger partial charge in [-0.3, -0.25) is 19.0 Å². The summed E-state index contributed by atoms with van der Waals surface area (Å²) in [6.45, 7) is 7.03. The van der Waals surface area contributed by atoms with Crippen molar-refractivity contribution < 1.29 is 14.7 Å². The lowest BCUT2D eigenvalue weighted by Gasteiger charge is -2.26. The Morgan fingerprint density at radius 3 is 2.62 bits per heavy atom. The maximum atomic E-state index is 13.2. The predicted molar refractivity (Wildman–Crippen MR) is 122 cm³/mol. The summed E-state index contributed by atoms with van der Waals surface area (Å²) in [5.74, 6) is -1.10. The average Bonchev–Trinajstić information content (AvgIpc) is 3.45. The predicted octanol–water partition coefficient (Wildman–Crippen LogP) is 0.617. The SMILES string of the molecule is CC(C)Cn1c(=O)c(C(=O)NC2CC2)c(O)n2ncc(C=CC(=O)N3CCNCC3)c12.Cl. The molecule has 0 radical (unpaired) electrons. The molecule has 1 aliphatic heterocycles. The molecule has 10 nitrogen and oxygen atoms in total. The number of aromatic hydroxyl groups is 1. The van der Waals surface area contributed by atoms with Crippen LogP contribution >= 0.6 is 12.4 Å². The molecule has 1 saturated carbocycles. The number of halogens is 1. The number of aromatic nitrogens is 3. The van der Waals surface area contributed by atoms with Crippen molar-refractivity contribution in [1.82, 2.24) is 29.7 Å². The highest BCUT2D eigenvalue weighted by atomic mass is 35.5. The van der Waals surface area contributed by atoms with Crippen LogP contribution in [0.3, 0.4) is 0 Å². The lowest BCUT2D eigenvalue weighted by atomic mass is 10.2. The molecule has 2 aliphatic rings. The fourth-order valence-electron chi connectivity index (χ4n) is 3.70. The molecule has 2 aromatic heterocycles. The van der Waals surface area contributed by atoms with Crippen molar-refractivity contribution >= 4 is 35.9 Å². The molecule has 4 rings (SSSR count). The van der Waals surface area contributed by atoms with Crippen LogP contribution in [0.1, 0.15) is 42.6 Å². The smallest absolute Gasteiger partial charge is 0.270 e. The molecule has 11 heteroatoms. The van der Waals surface area contributed by atoms with Gasteiger partial charge in [0, 0.05) is 50.4 Å². The highest BCUT2D eigenvalue weighted by Crippen LogP contribution is 2.23. The Kier molecular flexibility index (Phi) is 7.25. The van der Waals surface area contributed by atoms with Gasteiger partial charge in [0.2, 0.25) is 11.8 Å². The minimum Gasteiger partial charge on any atom is -0.492 e. The number of fused-ring (bicyclic) bond motifs is 1. The standard InChI is InChI=1S/C21H28N6O4.ClH/c1-13(2)12-26-19-14(3-6-16(28)25-9-7-22-8-10-25)11-23-27(19)21(31)17(20(26)30)18(29)24-15-4-5-15;/h3,6,11,13,15,22,31H,4-5,7-10,12H2,1-2H3,(H,24,29);1H. The Hall–Kier alpha value is -2.85. The Labute approximate surface area is 191 Å². The first-order valence-electron chi connectivity index (χ1n) is 10.7. The fraction of sp³-hybridized carbons (Fsp3) is 0.524. The molecule has 2 aromatic rings. The van der Waals surface area contributed by atoms with Crippen molar-refractivity contribution in [2.45, 2.75) is 39.3 Å². The Morgan fingerprint density at radius 1 is 1.31 bits per heavy atom. The summed E-state index contributed by atoms with van der Waals surface area (Å²) >= 11 is 0. The molecule has 1 saturated heterocycles. The summed E-state index contributed by atoms with van der Waals surface area (Å²) in [5.41, 5.74) is -0.00905. The van der Waals surface area contributed by atoms with Crippen molar-refractivity contribution in [2.75, 3.05) is 26.2 Å². The lowest BCUT2D eigenvalue weighted by Crippen LogP contribution is -2.45. The van der Waals surface area contributed by atoms with Crippen LogP contribution in [-0.2, 0) is 11.3 Å². The van der Waals surface area contributed by atoms with E-state index in [1.807, 2.05) is 13.8 Å². The molecule has 174 valence electrons. The number of amides is 2. The summed E-state index contributed by atoms with van der Waals surface area (Å²) in [6, 6.07) is 0.0488. The number of piperazine rings is 1. The number of hydrogen-bond acceptors (Lipinski definition) is 6. The van der Waals surface area contributed by atoms with Crippen LogP contribution in [-0.4, -0.2) is 68.2 Å². The second-order valence-corrected chi connectivity index (χ2v) is 8.50. The first-order chi connectivity index (χ1) is 14.9. The molecule has 32 heavy (non-hydrogen) atoms. The van der Waals surface area contributed by atoms with Gasteiger partial charge in [-0.05, 0) is 24.8 Å². The second-order valence-electron chi connectivity index (χ2n) is 8.50. The monoisotopic (exact) mass is 464 g/mol. The third-order valence-electron chi connectivity index (χ3n) is 5.43. The van der Waals surface area contributed by atoms with Crippen LogP contribution in [0.4, 0.5) is 0 Å². The first-order valence-corrected chi connectivity index (χ1v) is 10.7. The van der Waals surface area contributed by atoms with E-state index in [1.54, 1.807) is 11.0 Å². The van der Waals surface area contributed by atoms with Gasteiger partial charge in [-0.25, -0.2) is 0 Å². The summed E-state index contributed by atoms with van der Waals surface area (Å²) in [7, 11) is 0. The van der Waals surface area contributed by atoms with Gasteiger partial charge in [0.1, 0.15) is 5.65 Å². The summed E-state index contributed by atoms with van der Waals surface area (Å²) in [6.07, 6.45) is 6.28. The van der Waals surface area contributed by atoms with E-state index in [1.165, 1.54) is 21.4 Å². The molecule has 2 fully saturated rings. The van der Waals surface area contributed by atoms with Gasteiger partial charge in [0.15, 0.2) is 5.56 Å². The van der Waals surface area contributed by atoms with Crippen LogP contribution < -0.4 is 16.2 Å². The van der Waals surface area contributed by atoms with E-state index in [0.717, 1.165) is 25.9 Å². The molecule has 0 spiro atoms. The van der Waals surface area contributed by atoms with Crippen molar-refractivity contribution in [3.8, 4) is 5.88 Å². The molecule has 3 N–H and O–H groups in total. The molecule has 0 atom stereocenters. The van der Waals surface area contributed by atoms with Gasteiger partial charge < -0.3 is 20.6 Å². The summed E-state index contributed by atoms with van der Waals surface area (Å²) in [5, 5.41) is 20.9. The maximum Gasteiger partial charge on any atom is 0.270 e. The van der Waals surface area contributed by atoms with E-state index in [0.29, 0.717) is 30.8 Å². The normalized spacial score (nSPS) is 16.5. The van der Waals surface area contributed by atoms with Crippen LogP contribution in [0.2, 0.25) is 0 Å². The number of nitrogens with one attached hydrogen (secondary N) is 2. The van der Waals surface area contributed by atoms with E-state index in [-0.39, 0.29) is 35.8 Å². The maximum absolute atomic E-state index is 13.2. The Bertz CT molecular complexity index is 1100. The largest absolute Gasteiger partial charge is 0.492 e. The topological polar surface area (TPSA) is 121 Å². The highest BCUT2D eigenvalue weighted by molar-refractivity contribution is 5.97. The quantitative estimate of drug-likeness (QED) is 0.539. The van der Waals surface area contributed by atoms with Crippen LogP contribution in [0.15, 0.2) is 17.1 Å². The molecule has 0 unspecified atom stereocenters. The van der Waals surface area contributed by atoms with Gasteiger partial charge in [-0.1, -0.05) is 13.8 Å². The molecule has 1 aliphatic carbocycles. The van der Waals surface area contributed by atoms with Gasteiger partial charge >= 0.3 is 0 Å². The highest BCUT2D eigenvalue weighted by Gasteiger charge is 2.29. The summed E-state index contributed by atoms with van der Waals surface area (Å²) in [4.78, 5) is 40.1. The Morgan fingerprint density at radius 2 is 2.00 bits per heavy atom. The molecule has 2 amide bonds. The lowest BCUT2D eigenvalue weighted by molar-refractivity contribution is -0.126. The second kappa shape index (κ2) is 9.74. The zero-order chi connectivity index (χ0) is 22.1. The van der Waals surface area contributed by atoms with E-state index >= 15 is 0 Å². The average molecular weight is 465 g/mol. The first kappa shape index (κ1) is 23.8. The fourth-order valence-corrected chi connectivity index (χ4v) is 3.70. The Balaban J connectivity index is 0.00000289. The van der Waals surface area contributed by atoms with Crippen molar-refractivity contribution in [3.05, 3.63) is 33.8 Å². The third kappa shape index (κ3) is 4.81. The van der Waals surface area contributed by atoms with Gasteiger partial charge in [0.25, 0.3) is 11.5 Å². The zero-order valence-electron chi connectivity index (χ0n) is 18.2. The van der Waals surface area contributed by atoms with Crippen LogP contribution in [0.25, 0.3) is 11.7 Å². The van der Waals surface area contributed by atoms with Gasteiger partial charge in [0.05, 0.1) is 6.20 Å². The zero-order valence-corrected chi connectivity index (χ0v) is 19.0. The minimum atomic E-state index is -0.592. The number of carbonyl (C=O) groups excluding carboxylic acids is 2. The van der Waals surface area contributed by atoms with Crippen molar-refractivity contribution in [3.63, 3.8) is 0 Å². The number of rotatable bonds is 6. The van der Waals surface area contributed by atoms with E-state index in [2.05, 4.69) is 15.7 Å². The van der Waals surface area contributed by atoms with Crippen LogP contribution in [0, 0.1) is 5.92 Å².